The van der Waals surface area contributed by atoms with Gasteiger partial charge in [0.25, 0.3) is 0 Å². The zero-order valence-electron chi connectivity index (χ0n) is 7.39. The Balaban J connectivity index is 2.61. The average Bonchev–Trinajstić information content (AvgIpc) is 2.09. The first kappa shape index (κ1) is 10.8. The van der Waals surface area contributed by atoms with Crippen LogP contribution in [0, 0.1) is 0 Å². The molecule has 0 fully saturated rings. The minimum absolute atomic E-state index is 0.846. The average molecular weight is 260 g/mol. The van der Waals surface area contributed by atoms with Crippen LogP contribution in [0.4, 0.5) is 0 Å². The van der Waals surface area contributed by atoms with Gasteiger partial charge in [0.1, 0.15) is 0 Å². The summed E-state index contributed by atoms with van der Waals surface area (Å²) in [6.45, 7) is 3.69. The van der Waals surface area contributed by atoms with Crippen LogP contribution in [0.25, 0.3) is 0 Å². The molecule has 0 amide bonds. The number of hydrogen-bond acceptors (Lipinski definition) is 0. The van der Waals surface area contributed by atoms with Gasteiger partial charge in [-0.05, 0) is 37.0 Å². The van der Waals surface area contributed by atoms with Gasteiger partial charge >= 0.3 is 0 Å². The van der Waals surface area contributed by atoms with Crippen LogP contribution < -0.4 is 0 Å². The van der Waals surface area contributed by atoms with Crippen LogP contribution in [0.3, 0.4) is 0 Å². The second-order valence-electron chi connectivity index (χ2n) is 2.92. The fourth-order valence-electron chi connectivity index (χ4n) is 1.16. The lowest BCUT2D eigenvalue weighted by Gasteiger charge is -2.03. The molecule has 0 bridgehead atoms. The molecular weight excluding hydrogens is 247 g/mol. The van der Waals surface area contributed by atoms with Crippen LogP contribution in [-0.2, 0) is 6.42 Å². The van der Waals surface area contributed by atoms with Gasteiger partial charge in [-0.2, -0.15) is 0 Å². The molecule has 0 atom stereocenters. The highest BCUT2D eigenvalue weighted by molar-refractivity contribution is 9.10. The van der Waals surface area contributed by atoms with Gasteiger partial charge in [-0.25, -0.2) is 0 Å². The van der Waals surface area contributed by atoms with Crippen molar-refractivity contribution in [2.24, 2.45) is 0 Å². The molecule has 0 aliphatic carbocycles. The molecule has 13 heavy (non-hydrogen) atoms. The summed E-state index contributed by atoms with van der Waals surface area (Å²) in [5, 5.41) is 0.846. The third-order valence-electron chi connectivity index (χ3n) is 1.87. The van der Waals surface area contributed by atoms with E-state index in [1.807, 2.05) is 18.2 Å². The van der Waals surface area contributed by atoms with Gasteiger partial charge in [-0.15, -0.1) is 6.58 Å². The van der Waals surface area contributed by atoms with Crippen molar-refractivity contribution in [1.82, 2.24) is 0 Å². The van der Waals surface area contributed by atoms with Crippen LogP contribution in [0.2, 0.25) is 5.02 Å². The van der Waals surface area contributed by atoms with Gasteiger partial charge < -0.3 is 0 Å². The third kappa shape index (κ3) is 3.53. The van der Waals surface area contributed by atoms with E-state index in [1.165, 1.54) is 5.56 Å². The second kappa shape index (κ2) is 5.46. The Kier molecular flexibility index (Phi) is 4.54. The first-order valence-corrected chi connectivity index (χ1v) is 5.46. The van der Waals surface area contributed by atoms with Crippen molar-refractivity contribution in [1.29, 1.82) is 0 Å². The topological polar surface area (TPSA) is 0 Å². The molecule has 1 rings (SSSR count). The summed E-state index contributed by atoms with van der Waals surface area (Å²) in [7, 11) is 0. The maximum Gasteiger partial charge on any atom is 0.0449 e. The molecular formula is C11H12BrCl. The normalized spacial score (nSPS) is 10.0. The summed E-state index contributed by atoms with van der Waals surface area (Å²) < 4.78 is 1.03. The number of aryl methyl sites for hydroxylation is 1. The molecule has 0 aromatic heterocycles. The highest BCUT2D eigenvalue weighted by Crippen LogP contribution is 2.22. The van der Waals surface area contributed by atoms with Crippen LogP contribution in [0.5, 0.6) is 0 Å². The van der Waals surface area contributed by atoms with E-state index < -0.39 is 0 Å². The first-order valence-electron chi connectivity index (χ1n) is 4.29. The Labute approximate surface area is 92.7 Å². The van der Waals surface area contributed by atoms with E-state index in [0.29, 0.717) is 0 Å². The number of benzene rings is 1. The lowest BCUT2D eigenvalue weighted by molar-refractivity contribution is 0.844. The van der Waals surface area contributed by atoms with E-state index in [2.05, 4.69) is 28.6 Å². The van der Waals surface area contributed by atoms with Crippen molar-refractivity contribution in [3.8, 4) is 0 Å². The van der Waals surface area contributed by atoms with Crippen LogP contribution in [0.1, 0.15) is 18.4 Å². The maximum absolute atomic E-state index is 6.05. The summed E-state index contributed by atoms with van der Waals surface area (Å²) in [6.07, 6.45) is 5.13. The van der Waals surface area contributed by atoms with Gasteiger partial charge in [0.2, 0.25) is 0 Å². The molecule has 0 nitrogen and oxygen atoms in total. The summed E-state index contributed by atoms with van der Waals surface area (Å²) >= 11 is 9.43. The van der Waals surface area contributed by atoms with Crippen LogP contribution in [-0.4, -0.2) is 0 Å². The van der Waals surface area contributed by atoms with Gasteiger partial charge in [-0.3, -0.25) is 0 Å². The zero-order chi connectivity index (χ0) is 9.68. The van der Waals surface area contributed by atoms with E-state index in [1.54, 1.807) is 0 Å². The molecule has 70 valence electrons. The van der Waals surface area contributed by atoms with Gasteiger partial charge in [-0.1, -0.05) is 39.7 Å². The Morgan fingerprint density at radius 1 is 1.46 bits per heavy atom. The second-order valence-corrected chi connectivity index (χ2v) is 4.24. The quantitative estimate of drug-likeness (QED) is 0.547. The fraction of sp³-hybridized carbons (Fsp3) is 0.273. The predicted molar refractivity (Wildman–Crippen MR) is 62.3 cm³/mol. The van der Waals surface area contributed by atoms with E-state index in [0.717, 1.165) is 28.8 Å². The molecule has 0 heterocycles. The zero-order valence-corrected chi connectivity index (χ0v) is 9.74. The Hall–Kier alpha value is -0.270. The molecule has 0 aliphatic heterocycles. The van der Waals surface area contributed by atoms with E-state index in [4.69, 9.17) is 11.6 Å². The number of halogens is 2. The van der Waals surface area contributed by atoms with Crippen LogP contribution in [0.15, 0.2) is 35.3 Å². The first-order chi connectivity index (χ1) is 6.24. The van der Waals surface area contributed by atoms with Crippen molar-refractivity contribution in [3.05, 3.63) is 45.9 Å². The molecule has 2 heteroatoms. The van der Waals surface area contributed by atoms with Gasteiger partial charge in [0.05, 0.1) is 0 Å². The smallest absolute Gasteiger partial charge is 0.0449 e. The summed E-state index contributed by atoms with van der Waals surface area (Å²) in [5.41, 5.74) is 1.21. The molecule has 0 saturated heterocycles. The molecule has 0 radical (unpaired) electrons. The van der Waals surface area contributed by atoms with E-state index in [-0.39, 0.29) is 0 Å². The molecule has 0 N–H and O–H groups in total. The Morgan fingerprint density at radius 3 is 2.85 bits per heavy atom. The van der Waals surface area contributed by atoms with Crippen molar-refractivity contribution in [2.75, 3.05) is 0 Å². The molecule has 0 saturated carbocycles. The van der Waals surface area contributed by atoms with Crippen molar-refractivity contribution < 1.29 is 0 Å². The Morgan fingerprint density at radius 2 is 2.23 bits per heavy atom. The number of rotatable bonds is 4. The van der Waals surface area contributed by atoms with E-state index in [9.17, 15) is 0 Å². The summed E-state index contributed by atoms with van der Waals surface area (Å²) in [6, 6.07) is 6.02. The monoisotopic (exact) mass is 258 g/mol. The SMILES string of the molecule is C=CCCCc1ccc(Br)cc1Cl. The molecule has 1 aromatic carbocycles. The Bertz CT molecular complexity index is 294. The summed E-state index contributed by atoms with van der Waals surface area (Å²) in [5.74, 6) is 0. The van der Waals surface area contributed by atoms with Crippen LogP contribution >= 0.6 is 27.5 Å². The van der Waals surface area contributed by atoms with Gasteiger partial charge in [0.15, 0.2) is 0 Å². The number of allylic oxidation sites excluding steroid dienone is 1. The van der Waals surface area contributed by atoms with Crippen molar-refractivity contribution >= 4 is 27.5 Å². The molecule has 0 aliphatic rings. The lowest BCUT2D eigenvalue weighted by Crippen LogP contribution is -1.85. The highest BCUT2D eigenvalue weighted by atomic mass is 79.9. The maximum atomic E-state index is 6.05. The number of unbranched alkanes of at least 4 members (excludes halogenated alkanes) is 1. The standard InChI is InChI=1S/C11H12BrCl/c1-2-3-4-5-9-6-7-10(12)8-11(9)13/h2,6-8H,1,3-5H2. The molecule has 0 unspecified atom stereocenters. The fourth-order valence-corrected chi connectivity index (χ4v) is 1.93. The van der Waals surface area contributed by atoms with Crippen molar-refractivity contribution in [3.63, 3.8) is 0 Å². The predicted octanol–water partition coefficient (Wildman–Crippen LogP) is 4.61. The third-order valence-corrected chi connectivity index (χ3v) is 2.71. The van der Waals surface area contributed by atoms with Gasteiger partial charge in [0, 0.05) is 9.50 Å². The summed E-state index contributed by atoms with van der Waals surface area (Å²) in [4.78, 5) is 0. The highest BCUT2D eigenvalue weighted by Gasteiger charge is 1.99. The largest absolute Gasteiger partial charge is 0.103 e. The number of hydrogen-bond donors (Lipinski definition) is 0. The van der Waals surface area contributed by atoms with E-state index >= 15 is 0 Å². The minimum atomic E-state index is 0.846. The minimum Gasteiger partial charge on any atom is -0.103 e. The van der Waals surface area contributed by atoms with Crippen molar-refractivity contribution in [2.45, 2.75) is 19.3 Å². The lowest BCUT2D eigenvalue weighted by atomic mass is 10.1. The molecule has 1 aromatic rings. The molecule has 0 spiro atoms.